The highest BCUT2D eigenvalue weighted by Crippen LogP contribution is 2.28. The zero-order valence-corrected chi connectivity index (χ0v) is 16.4. The number of aryl methyl sites for hydroxylation is 1. The quantitative estimate of drug-likeness (QED) is 0.717. The van der Waals surface area contributed by atoms with Crippen LogP contribution >= 0.6 is 0 Å². The number of esters is 2. The Morgan fingerprint density at radius 1 is 1.17 bits per heavy atom. The maximum Gasteiger partial charge on any atom is 0.342 e. The molecule has 1 aliphatic heterocycles. The normalized spacial score (nSPS) is 16.1. The Morgan fingerprint density at radius 2 is 1.90 bits per heavy atom. The fraction of sp³-hybridized carbons (Fsp3) is 0.300. The van der Waals surface area contributed by atoms with Crippen LogP contribution in [0.3, 0.4) is 0 Å². The number of nitrogens with one attached hydrogen (secondary N) is 2. The van der Waals surface area contributed by atoms with Crippen molar-refractivity contribution in [3.63, 3.8) is 0 Å². The molecule has 3 rings (SSSR count). The van der Waals surface area contributed by atoms with Gasteiger partial charge in [0.15, 0.2) is 0 Å². The van der Waals surface area contributed by atoms with E-state index in [9.17, 15) is 14.4 Å². The molecule has 1 aliphatic rings. The van der Waals surface area contributed by atoms with E-state index in [0.29, 0.717) is 16.8 Å². The van der Waals surface area contributed by atoms with Crippen molar-refractivity contribution in [3.05, 3.63) is 64.6 Å². The van der Waals surface area contributed by atoms with Gasteiger partial charge in [0.2, 0.25) is 0 Å². The summed E-state index contributed by atoms with van der Waals surface area (Å²) in [4.78, 5) is 37.3. The lowest BCUT2D eigenvalue weighted by molar-refractivity contribution is -0.139. The van der Waals surface area contributed by atoms with Crippen molar-refractivity contribution < 1.29 is 23.9 Å². The van der Waals surface area contributed by atoms with Gasteiger partial charge in [0, 0.05) is 12.7 Å². The maximum absolute atomic E-state index is 12.6. The standard InChI is InChI=1S/C20H22N4O5/c1-4-28-19(26)16-15(11-29-18(25)14-10-21-24(3)12(14)2)22-20(27)23-17(16)13-8-6-5-7-9-13/h5-10,17H,4,11H2,1-3H3,(H2,22,23,27). The first kappa shape index (κ1) is 20.1. The Labute approximate surface area is 167 Å². The summed E-state index contributed by atoms with van der Waals surface area (Å²) in [5, 5.41) is 9.30. The molecule has 1 aromatic heterocycles. The van der Waals surface area contributed by atoms with Crippen LogP contribution in [0.15, 0.2) is 47.8 Å². The summed E-state index contributed by atoms with van der Waals surface area (Å²) in [5.74, 6) is -1.20. The summed E-state index contributed by atoms with van der Waals surface area (Å²) >= 11 is 0. The monoisotopic (exact) mass is 398 g/mol. The number of carbonyl (C=O) groups excluding carboxylic acids is 3. The van der Waals surface area contributed by atoms with Crippen LogP contribution in [0.1, 0.15) is 34.6 Å². The molecule has 0 aliphatic carbocycles. The molecule has 0 bridgehead atoms. The van der Waals surface area contributed by atoms with E-state index >= 15 is 0 Å². The van der Waals surface area contributed by atoms with E-state index in [4.69, 9.17) is 9.47 Å². The largest absolute Gasteiger partial charge is 0.463 e. The predicted octanol–water partition coefficient (Wildman–Crippen LogP) is 1.76. The second-order valence-electron chi connectivity index (χ2n) is 6.40. The summed E-state index contributed by atoms with van der Waals surface area (Å²) in [6.07, 6.45) is 1.41. The van der Waals surface area contributed by atoms with E-state index in [1.807, 2.05) is 6.07 Å². The van der Waals surface area contributed by atoms with E-state index in [1.165, 1.54) is 6.20 Å². The third kappa shape index (κ3) is 4.29. The van der Waals surface area contributed by atoms with Crippen molar-refractivity contribution in [2.75, 3.05) is 13.2 Å². The lowest BCUT2D eigenvalue weighted by Crippen LogP contribution is -2.47. The molecule has 2 N–H and O–H groups in total. The molecule has 9 nitrogen and oxygen atoms in total. The molecule has 1 aromatic carbocycles. The van der Waals surface area contributed by atoms with Crippen LogP contribution < -0.4 is 10.6 Å². The van der Waals surface area contributed by atoms with Gasteiger partial charge in [0.05, 0.1) is 30.1 Å². The molecule has 0 spiro atoms. The van der Waals surface area contributed by atoms with Crippen molar-refractivity contribution in [2.45, 2.75) is 19.9 Å². The molecule has 2 heterocycles. The van der Waals surface area contributed by atoms with Crippen LogP contribution in [0, 0.1) is 6.92 Å². The summed E-state index contributed by atoms with van der Waals surface area (Å²) in [7, 11) is 1.71. The molecule has 0 radical (unpaired) electrons. The lowest BCUT2D eigenvalue weighted by atomic mass is 9.95. The molecule has 2 amide bonds. The van der Waals surface area contributed by atoms with Crippen LogP contribution in [0.4, 0.5) is 4.79 Å². The van der Waals surface area contributed by atoms with Gasteiger partial charge in [0.1, 0.15) is 12.2 Å². The van der Waals surface area contributed by atoms with Gasteiger partial charge >= 0.3 is 18.0 Å². The third-order valence-electron chi connectivity index (χ3n) is 4.58. The van der Waals surface area contributed by atoms with Gasteiger partial charge in [0.25, 0.3) is 0 Å². The van der Waals surface area contributed by atoms with E-state index in [-0.39, 0.29) is 24.5 Å². The molecule has 0 saturated heterocycles. The number of hydrogen-bond donors (Lipinski definition) is 2. The first-order valence-electron chi connectivity index (χ1n) is 9.10. The molecule has 29 heavy (non-hydrogen) atoms. The molecule has 1 atom stereocenters. The van der Waals surface area contributed by atoms with Gasteiger partial charge in [-0.05, 0) is 19.4 Å². The molecule has 1 unspecified atom stereocenters. The Balaban J connectivity index is 1.92. The van der Waals surface area contributed by atoms with Crippen LogP contribution in [0.25, 0.3) is 0 Å². The molecular formula is C20H22N4O5. The van der Waals surface area contributed by atoms with Crippen LogP contribution in [-0.2, 0) is 21.3 Å². The summed E-state index contributed by atoms with van der Waals surface area (Å²) in [5.41, 5.74) is 2.03. The Kier molecular flexibility index (Phi) is 5.96. The average molecular weight is 398 g/mol. The lowest BCUT2D eigenvalue weighted by Gasteiger charge is -2.29. The minimum atomic E-state index is -0.724. The molecule has 0 fully saturated rings. The fourth-order valence-electron chi connectivity index (χ4n) is 2.99. The number of hydrogen-bond acceptors (Lipinski definition) is 6. The number of aromatic nitrogens is 2. The smallest absolute Gasteiger partial charge is 0.342 e. The van der Waals surface area contributed by atoms with Gasteiger partial charge in [-0.2, -0.15) is 5.10 Å². The second kappa shape index (κ2) is 8.59. The van der Waals surface area contributed by atoms with Crippen molar-refractivity contribution in [1.29, 1.82) is 0 Å². The minimum absolute atomic E-state index is 0.166. The number of nitrogens with zero attached hydrogens (tertiary/aromatic N) is 2. The van der Waals surface area contributed by atoms with Crippen LogP contribution in [-0.4, -0.2) is 41.0 Å². The third-order valence-corrected chi connectivity index (χ3v) is 4.58. The van der Waals surface area contributed by atoms with Crippen LogP contribution in [0.5, 0.6) is 0 Å². The number of amides is 2. The number of ether oxygens (including phenoxy) is 2. The van der Waals surface area contributed by atoms with E-state index in [1.54, 1.807) is 49.8 Å². The second-order valence-corrected chi connectivity index (χ2v) is 6.40. The first-order chi connectivity index (χ1) is 13.9. The number of rotatable bonds is 6. The SMILES string of the molecule is CCOC(=O)C1=C(COC(=O)c2cnn(C)c2C)NC(=O)NC1c1ccccc1. The number of benzene rings is 1. The highest BCUT2D eigenvalue weighted by Gasteiger charge is 2.34. The van der Waals surface area contributed by atoms with Gasteiger partial charge < -0.3 is 20.1 Å². The Hall–Kier alpha value is -3.62. The van der Waals surface area contributed by atoms with Gasteiger partial charge in [-0.25, -0.2) is 14.4 Å². The summed E-state index contributed by atoms with van der Waals surface area (Å²) in [6.45, 7) is 3.30. The zero-order chi connectivity index (χ0) is 21.0. The fourth-order valence-corrected chi connectivity index (χ4v) is 2.99. The molecule has 0 saturated carbocycles. The van der Waals surface area contributed by atoms with E-state index < -0.39 is 24.0 Å². The zero-order valence-electron chi connectivity index (χ0n) is 16.4. The first-order valence-corrected chi connectivity index (χ1v) is 9.10. The Bertz CT molecular complexity index is 965. The van der Waals surface area contributed by atoms with Crippen molar-refractivity contribution in [1.82, 2.24) is 20.4 Å². The molecule has 9 heteroatoms. The average Bonchev–Trinajstić information content (AvgIpc) is 3.05. The van der Waals surface area contributed by atoms with Crippen molar-refractivity contribution in [2.24, 2.45) is 7.05 Å². The van der Waals surface area contributed by atoms with E-state index in [2.05, 4.69) is 15.7 Å². The number of carbonyl (C=O) groups is 3. The van der Waals surface area contributed by atoms with Crippen molar-refractivity contribution >= 4 is 18.0 Å². The number of urea groups is 1. The van der Waals surface area contributed by atoms with Gasteiger partial charge in [-0.1, -0.05) is 30.3 Å². The molecular weight excluding hydrogens is 376 g/mol. The summed E-state index contributed by atoms with van der Waals surface area (Å²) in [6, 6.07) is 7.79. The van der Waals surface area contributed by atoms with Crippen LogP contribution in [0.2, 0.25) is 0 Å². The van der Waals surface area contributed by atoms with Crippen molar-refractivity contribution in [3.8, 4) is 0 Å². The van der Waals surface area contributed by atoms with Gasteiger partial charge in [-0.15, -0.1) is 0 Å². The molecule has 152 valence electrons. The topological polar surface area (TPSA) is 112 Å². The maximum atomic E-state index is 12.6. The van der Waals surface area contributed by atoms with E-state index in [0.717, 1.165) is 0 Å². The highest BCUT2D eigenvalue weighted by atomic mass is 16.5. The highest BCUT2D eigenvalue weighted by molar-refractivity contribution is 5.95. The minimum Gasteiger partial charge on any atom is -0.463 e. The predicted molar refractivity (Wildman–Crippen MR) is 103 cm³/mol. The molecule has 2 aromatic rings. The summed E-state index contributed by atoms with van der Waals surface area (Å²) < 4.78 is 12.1. The van der Waals surface area contributed by atoms with Gasteiger partial charge in [-0.3, -0.25) is 4.68 Å². The Morgan fingerprint density at radius 3 is 2.52 bits per heavy atom.